The van der Waals surface area contributed by atoms with E-state index >= 15 is 0 Å². The van der Waals surface area contributed by atoms with E-state index in [1.54, 1.807) is 6.92 Å². The molecule has 1 unspecified atom stereocenters. The van der Waals surface area contributed by atoms with Crippen molar-refractivity contribution in [2.45, 2.75) is 44.8 Å². The third-order valence-corrected chi connectivity index (χ3v) is 5.51. The summed E-state index contributed by atoms with van der Waals surface area (Å²) >= 11 is 3.14. The molecule has 0 aliphatic carbocycles. The lowest BCUT2D eigenvalue weighted by molar-refractivity contribution is -0.137. The summed E-state index contributed by atoms with van der Waals surface area (Å²) < 4.78 is 71.5. The number of carbonyl (C=O) groups excluding carboxylic acids is 1. The third kappa shape index (κ3) is 6.79. The molecule has 0 fully saturated rings. The first-order valence-electron chi connectivity index (χ1n) is 10.7. The van der Waals surface area contributed by atoms with Crippen LogP contribution in [-0.2, 0) is 11.6 Å². The van der Waals surface area contributed by atoms with Gasteiger partial charge in [-0.3, -0.25) is 4.79 Å². The van der Waals surface area contributed by atoms with E-state index in [0.29, 0.717) is 6.07 Å². The van der Waals surface area contributed by atoms with E-state index in [9.17, 15) is 32.0 Å². The number of nitrogens with one attached hydrogen (secondary N) is 1. The highest BCUT2D eigenvalue weighted by Gasteiger charge is 2.34. The predicted octanol–water partition coefficient (Wildman–Crippen LogP) is 5.38. The maximum atomic E-state index is 13.5. The highest BCUT2D eigenvalue weighted by Crippen LogP contribution is 2.34. The number of aromatic nitrogens is 4. The molecule has 196 valence electrons. The number of halogens is 6. The molecule has 3 rings (SSSR count). The SMILES string of the molecule is CC(NC(=O)c1cc(C(F)(F)F)cc(C(C)(C)C#N)c1)c1nc(Br)nn1-c1ccc(OCC(F)F)cn1. The van der Waals surface area contributed by atoms with Crippen LogP contribution in [0, 0.1) is 11.3 Å². The minimum absolute atomic E-state index is 0.0342. The van der Waals surface area contributed by atoms with Crippen molar-refractivity contribution in [2.75, 3.05) is 6.61 Å². The van der Waals surface area contributed by atoms with Crippen molar-refractivity contribution in [3.05, 3.63) is 63.8 Å². The molecule has 1 atom stereocenters. The summed E-state index contributed by atoms with van der Waals surface area (Å²) in [5.41, 5.74) is -2.59. The highest BCUT2D eigenvalue weighted by molar-refractivity contribution is 9.10. The molecule has 3 aromatic rings. The van der Waals surface area contributed by atoms with Crippen molar-refractivity contribution >= 4 is 21.8 Å². The van der Waals surface area contributed by atoms with Gasteiger partial charge >= 0.3 is 6.18 Å². The fourth-order valence-electron chi connectivity index (χ4n) is 3.18. The lowest BCUT2D eigenvalue weighted by Crippen LogP contribution is -2.29. The van der Waals surface area contributed by atoms with Crippen molar-refractivity contribution in [1.29, 1.82) is 5.26 Å². The summed E-state index contributed by atoms with van der Waals surface area (Å²) in [6.07, 6.45) is -6.17. The summed E-state index contributed by atoms with van der Waals surface area (Å²) in [6, 6.07) is 6.70. The fraction of sp³-hybridized carbons (Fsp3) is 0.348. The second-order valence-corrected chi connectivity index (χ2v) is 9.14. The standard InChI is InChI=1S/C23H20BrF5N6O2/c1-12(19-33-21(24)34-35(19)18-5-4-16(9-31-18)37-10-17(25)26)32-20(36)13-6-14(22(2,3)11-30)8-15(7-13)23(27,28)29/h4-9,12,17H,10H2,1-3H3,(H,32,36). The molecule has 0 radical (unpaired) electrons. The van der Waals surface area contributed by atoms with Crippen LogP contribution in [0.2, 0.25) is 0 Å². The molecule has 37 heavy (non-hydrogen) atoms. The topological polar surface area (TPSA) is 106 Å². The number of hydrogen-bond acceptors (Lipinski definition) is 6. The van der Waals surface area contributed by atoms with Gasteiger partial charge in [0.2, 0.25) is 4.73 Å². The third-order valence-electron chi connectivity index (χ3n) is 5.18. The Morgan fingerprint density at radius 3 is 2.46 bits per heavy atom. The Morgan fingerprint density at radius 2 is 1.89 bits per heavy atom. The summed E-state index contributed by atoms with van der Waals surface area (Å²) in [5, 5.41) is 16.1. The van der Waals surface area contributed by atoms with Crippen LogP contribution >= 0.6 is 15.9 Å². The molecule has 1 aromatic carbocycles. The number of pyridine rings is 1. The minimum atomic E-state index is -4.73. The normalized spacial score (nSPS) is 12.8. The maximum absolute atomic E-state index is 13.5. The van der Waals surface area contributed by atoms with E-state index in [0.717, 1.165) is 6.07 Å². The number of amides is 1. The maximum Gasteiger partial charge on any atom is 0.416 e. The van der Waals surface area contributed by atoms with E-state index in [1.807, 2.05) is 6.07 Å². The average molecular weight is 587 g/mol. The fourth-order valence-corrected chi connectivity index (χ4v) is 3.52. The Kier molecular flexibility index (Phi) is 8.16. The first-order valence-corrected chi connectivity index (χ1v) is 11.5. The van der Waals surface area contributed by atoms with Crippen molar-refractivity contribution in [2.24, 2.45) is 0 Å². The Morgan fingerprint density at radius 1 is 1.22 bits per heavy atom. The first kappa shape index (κ1) is 28.0. The van der Waals surface area contributed by atoms with Crippen LogP contribution in [-0.4, -0.2) is 38.7 Å². The Bertz CT molecular complexity index is 1320. The molecule has 0 bridgehead atoms. The largest absolute Gasteiger partial charge is 0.486 e. The number of rotatable bonds is 8. The van der Waals surface area contributed by atoms with Gasteiger partial charge in [-0.25, -0.2) is 18.7 Å². The molecule has 0 saturated heterocycles. The lowest BCUT2D eigenvalue weighted by atomic mass is 9.84. The number of nitriles is 1. The van der Waals surface area contributed by atoms with Crippen molar-refractivity contribution in [1.82, 2.24) is 25.1 Å². The molecule has 0 aliphatic rings. The molecule has 0 saturated carbocycles. The second-order valence-electron chi connectivity index (χ2n) is 8.43. The molecule has 1 N–H and O–H groups in total. The van der Waals surface area contributed by atoms with Crippen LogP contribution in [0.15, 0.2) is 41.3 Å². The van der Waals surface area contributed by atoms with Gasteiger partial charge in [-0.1, -0.05) is 0 Å². The van der Waals surface area contributed by atoms with E-state index in [2.05, 4.69) is 36.3 Å². The number of carbonyl (C=O) groups is 1. The van der Waals surface area contributed by atoms with Crippen LogP contribution in [0.4, 0.5) is 22.0 Å². The van der Waals surface area contributed by atoms with Gasteiger partial charge < -0.3 is 10.1 Å². The molecule has 2 aromatic heterocycles. The highest BCUT2D eigenvalue weighted by atomic mass is 79.9. The van der Waals surface area contributed by atoms with Gasteiger partial charge in [0.1, 0.15) is 12.4 Å². The smallest absolute Gasteiger partial charge is 0.416 e. The predicted molar refractivity (Wildman–Crippen MR) is 124 cm³/mol. The Labute approximate surface area is 216 Å². The van der Waals surface area contributed by atoms with Crippen LogP contribution < -0.4 is 10.1 Å². The van der Waals surface area contributed by atoms with Crippen LogP contribution in [0.5, 0.6) is 5.75 Å². The summed E-state index contributed by atoms with van der Waals surface area (Å²) in [7, 11) is 0. The van der Waals surface area contributed by atoms with Crippen LogP contribution in [0.3, 0.4) is 0 Å². The van der Waals surface area contributed by atoms with E-state index in [4.69, 9.17) is 4.74 Å². The summed E-state index contributed by atoms with van der Waals surface area (Å²) in [6.45, 7) is 3.64. The van der Waals surface area contributed by atoms with Gasteiger partial charge in [-0.05, 0) is 72.6 Å². The minimum Gasteiger partial charge on any atom is -0.486 e. The van der Waals surface area contributed by atoms with Crippen molar-refractivity contribution in [3.63, 3.8) is 0 Å². The molecular formula is C23H20BrF5N6O2. The first-order chi connectivity index (χ1) is 17.2. The molecule has 14 heteroatoms. The van der Waals surface area contributed by atoms with Gasteiger partial charge in [0.05, 0.1) is 29.3 Å². The monoisotopic (exact) mass is 586 g/mol. The zero-order valence-corrected chi connectivity index (χ0v) is 21.2. The lowest BCUT2D eigenvalue weighted by Gasteiger charge is -2.20. The second kappa shape index (κ2) is 10.8. The summed E-state index contributed by atoms with van der Waals surface area (Å²) in [5.74, 6) is -0.330. The molecule has 1 amide bonds. The van der Waals surface area contributed by atoms with Crippen molar-refractivity contribution in [3.8, 4) is 17.6 Å². The quantitative estimate of drug-likeness (QED) is 0.355. The molecule has 2 heterocycles. The number of hydrogen-bond donors (Lipinski definition) is 1. The van der Waals surface area contributed by atoms with Crippen LogP contribution in [0.1, 0.15) is 54.1 Å². The number of benzene rings is 1. The average Bonchev–Trinajstić information content (AvgIpc) is 3.24. The van der Waals surface area contributed by atoms with Gasteiger partial charge in [0, 0.05) is 5.56 Å². The van der Waals surface area contributed by atoms with E-state index in [-0.39, 0.29) is 33.3 Å². The molecule has 8 nitrogen and oxygen atoms in total. The van der Waals surface area contributed by atoms with Crippen molar-refractivity contribution < 1.29 is 31.5 Å². The molecule has 0 spiro atoms. The van der Waals surface area contributed by atoms with Gasteiger partial charge in [-0.2, -0.15) is 23.1 Å². The summed E-state index contributed by atoms with van der Waals surface area (Å²) in [4.78, 5) is 21.3. The van der Waals surface area contributed by atoms with E-state index < -0.39 is 42.1 Å². The molecular weight excluding hydrogens is 567 g/mol. The zero-order valence-electron chi connectivity index (χ0n) is 19.6. The van der Waals surface area contributed by atoms with Crippen LogP contribution in [0.25, 0.3) is 5.82 Å². The van der Waals surface area contributed by atoms with Gasteiger partial charge in [0.25, 0.3) is 12.3 Å². The van der Waals surface area contributed by atoms with Gasteiger partial charge in [0.15, 0.2) is 11.6 Å². The Hall–Kier alpha value is -3.60. The Balaban J connectivity index is 1.89. The van der Waals surface area contributed by atoms with Gasteiger partial charge in [-0.15, -0.1) is 5.10 Å². The van der Waals surface area contributed by atoms with E-state index in [1.165, 1.54) is 42.9 Å². The number of ether oxygens (including phenoxy) is 1. The number of alkyl halides is 5. The molecule has 0 aliphatic heterocycles. The zero-order chi connectivity index (χ0) is 27.5. The number of nitrogens with zero attached hydrogens (tertiary/aromatic N) is 5.